The summed E-state index contributed by atoms with van der Waals surface area (Å²) in [6.45, 7) is 2.21. The fraction of sp³-hybridized carbons (Fsp3) is 0.308. The van der Waals surface area contributed by atoms with E-state index in [1.807, 2.05) is 18.3 Å². The van der Waals surface area contributed by atoms with Crippen LogP contribution in [0.5, 0.6) is 0 Å². The first-order valence-corrected chi connectivity index (χ1v) is 6.90. The molecule has 0 aromatic carbocycles. The normalized spacial score (nSPS) is 10.4. The predicted octanol–water partition coefficient (Wildman–Crippen LogP) is 1.99. The molecule has 100 valence electrons. The minimum atomic E-state index is 0.653. The highest BCUT2D eigenvalue weighted by molar-refractivity contribution is 9.10. The zero-order chi connectivity index (χ0) is 13.5. The van der Waals surface area contributed by atoms with Gasteiger partial charge in [-0.3, -0.25) is 4.98 Å². The molecule has 0 aliphatic carbocycles. The van der Waals surface area contributed by atoms with E-state index in [4.69, 9.17) is 5.73 Å². The average molecular weight is 322 g/mol. The minimum Gasteiger partial charge on any atom is -0.336 e. The van der Waals surface area contributed by atoms with E-state index in [0.29, 0.717) is 12.5 Å². The third-order valence-corrected chi connectivity index (χ3v) is 3.03. The molecule has 2 heterocycles. The Morgan fingerprint density at radius 3 is 2.63 bits per heavy atom. The second-order valence-corrected chi connectivity index (χ2v) is 5.04. The molecule has 0 fully saturated rings. The Kier molecular flexibility index (Phi) is 5.23. The first-order valence-electron chi connectivity index (χ1n) is 6.11. The van der Waals surface area contributed by atoms with E-state index in [9.17, 15) is 0 Å². The maximum Gasteiger partial charge on any atom is 0.225 e. The molecule has 0 amide bonds. The molecular weight excluding hydrogens is 306 g/mol. The topological polar surface area (TPSA) is 67.9 Å². The predicted molar refractivity (Wildman–Crippen MR) is 78.7 cm³/mol. The monoisotopic (exact) mass is 321 g/mol. The van der Waals surface area contributed by atoms with Crippen LogP contribution in [-0.2, 0) is 6.54 Å². The van der Waals surface area contributed by atoms with Crippen molar-refractivity contribution in [1.82, 2.24) is 15.0 Å². The molecule has 6 heteroatoms. The molecule has 0 atom stereocenters. The fourth-order valence-corrected chi connectivity index (χ4v) is 1.92. The summed E-state index contributed by atoms with van der Waals surface area (Å²) in [4.78, 5) is 14.9. The molecular formula is C13H16BrN5. The van der Waals surface area contributed by atoms with E-state index < -0.39 is 0 Å². The Morgan fingerprint density at radius 1 is 1.21 bits per heavy atom. The van der Waals surface area contributed by atoms with Gasteiger partial charge < -0.3 is 10.6 Å². The van der Waals surface area contributed by atoms with Crippen LogP contribution in [0.3, 0.4) is 0 Å². The third-order valence-electron chi connectivity index (χ3n) is 2.62. The largest absolute Gasteiger partial charge is 0.336 e. The van der Waals surface area contributed by atoms with Gasteiger partial charge in [-0.2, -0.15) is 0 Å². The first-order chi connectivity index (χ1) is 9.29. The van der Waals surface area contributed by atoms with Crippen LogP contribution in [0.25, 0.3) is 0 Å². The maximum absolute atomic E-state index is 5.59. The Bertz CT molecular complexity index is 488. The van der Waals surface area contributed by atoms with Crippen molar-refractivity contribution in [3.8, 4) is 0 Å². The number of hydrogen-bond acceptors (Lipinski definition) is 5. The summed E-state index contributed by atoms with van der Waals surface area (Å²) < 4.78 is 0.872. The number of pyridine rings is 1. The van der Waals surface area contributed by atoms with Crippen molar-refractivity contribution in [2.75, 3.05) is 18.0 Å². The fourth-order valence-electron chi connectivity index (χ4n) is 1.71. The van der Waals surface area contributed by atoms with Crippen LogP contribution in [-0.4, -0.2) is 28.0 Å². The number of aromatic nitrogens is 3. The zero-order valence-electron chi connectivity index (χ0n) is 10.5. The molecule has 19 heavy (non-hydrogen) atoms. The summed E-state index contributed by atoms with van der Waals surface area (Å²) in [5, 5.41) is 0. The van der Waals surface area contributed by atoms with Crippen LogP contribution in [0.2, 0.25) is 0 Å². The number of nitrogens with two attached hydrogens (primary N) is 1. The van der Waals surface area contributed by atoms with Crippen LogP contribution in [0.1, 0.15) is 12.0 Å². The van der Waals surface area contributed by atoms with E-state index in [1.165, 1.54) is 0 Å². The van der Waals surface area contributed by atoms with Crippen LogP contribution in [0, 0.1) is 0 Å². The van der Waals surface area contributed by atoms with E-state index in [0.717, 1.165) is 29.5 Å². The van der Waals surface area contributed by atoms with Crippen molar-refractivity contribution in [2.24, 2.45) is 5.73 Å². The zero-order valence-corrected chi connectivity index (χ0v) is 12.1. The highest BCUT2D eigenvalue weighted by Gasteiger charge is 2.09. The number of rotatable bonds is 6. The second-order valence-electron chi connectivity index (χ2n) is 4.13. The molecule has 2 aromatic heterocycles. The summed E-state index contributed by atoms with van der Waals surface area (Å²) in [6.07, 6.45) is 8.03. The van der Waals surface area contributed by atoms with Crippen molar-refractivity contribution in [2.45, 2.75) is 13.0 Å². The molecule has 0 radical (unpaired) electrons. The lowest BCUT2D eigenvalue weighted by Crippen LogP contribution is -2.27. The highest BCUT2D eigenvalue weighted by atomic mass is 79.9. The quantitative estimate of drug-likeness (QED) is 0.881. The van der Waals surface area contributed by atoms with Gasteiger partial charge in [-0.25, -0.2) is 9.97 Å². The molecule has 0 saturated heterocycles. The van der Waals surface area contributed by atoms with Gasteiger partial charge in [-0.15, -0.1) is 0 Å². The summed E-state index contributed by atoms with van der Waals surface area (Å²) in [5.74, 6) is 0.709. The van der Waals surface area contributed by atoms with Gasteiger partial charge in [0.15, 0.2) is 0 Å². The van der Waals surface area contributed by atoms with E-state index in [-0.39, 0.29) is 0 Å². The smallest absolute Gasteiger partial charge is 0.225 e. The SMILES string of the molecule is NCCCN(Cc1cccnc1)c1ncc(Br)cn1. The molecule has 0 bridgehead atoms. The van der Waals surface area contributed by atoms with Gasteiger partial charge in [-0.05, 0) is 40.5 Å². The van der Waals surface area contributed by atoms with Gasteiger partial charge in [0.05, 0.1) is 4.47 Å². The van der Waals surface area contributed by atoms with Gasteiger partial charge in [0.25, 0.3) is 0 Å². The summed E-state index contributed by atoms with van der Waals surface area (Å²) in [7, 11) is 0. The molecule has 2 N–H and O–H groups in total. The Labute approximate surface area is 121 Å². The standard InChI is InChI=1S/C13H16BrN5/c14-12-8-17-13(18-9-12)19(6-2-4-15)10-11-3-1-5-16-7-11/h1,3,5,7-9H,2,4,6,10,15H2. The van der Waals surface area contributed by atoms with Crippen LogP contribution in [0.4, 0.5) is 5.95 Å². The summed E-state index contributed by atoms with van der Waals surface area (Å²) in [5.41, 5.74) is 6.72. The number of anilines is 1. The summed E-state index contributed by atoms with van der Waals surface area (Å²) >= 11 is 3.34. The lowest BCUT2D eigenvalue weighted by Gasteiger charge is -2.22. The van der Waals surface area contributed by atoms with Crippen molar-refractivity contribution < 1.29 is 0 Å². The molecule has 0 saturated carbocycles. The summed E-state index contributed by atoms with van der Waals surface area (Å²) in [6, 6.07) is 3.97. The van der Waals surface area contributed by atoms with Crippen molar-refractivity contribution in [1.29, 1.82) is 0 Å². The number of hydrogen-bond donors (Lipinski definition) is 1. The Morgan fingerprint density at radius 2 is 2.00 bits per heavy atom. The van der Waals surface area contributed by atoms with Crippen molar-refractivity contribution in [3.05, 3.63) is 47.0 Å². The van der Waals surface area contributed by atoms with Gasteiger partial charge in [-0.1, -0.05) is 6.07 Å². The third kappa shape index (κ3) is 4.25. The van der Waals surface area contributed by atoms with E-state index >= 15 is 0 Å². The first kappa shape index (κ1) is 13.9. The van der Waals surface area contributed by atoms with Crippen molar-refractivity contribution in [3.63, 3.8) is 0 Å². The molecule has 0 aliphatic heterocycles. The minimum absolute atomic E-state index is 0.653. The molecule has 0 unspecified atom stereocenters. The number of nitrogens with zero attached hydrogens (tertiary/aromatic N) is 4. The van der Waals surface area contributed by atoms with Gasteiger partial charge in [0.2, 0.25) is 5.95 Å². The second kappa shape index (κ2) is 7.16. The molecule has 2 aromatic rings. The Balaban J connectivity index is 2.13. The molecule has 2 rings (SSSR count). The van der Waals surface area contributed by atoms with Crippen LogP contribution < -0.4 is 10.6 Å². The van der Waals surface area contributed by atoms with Crippen LogP contribution in [0.15, 0.2) is 41.4 Å². The van der Waals surface area contributed by atoms with Crippen molar-refractivity contribution >= 4 is 21.9 Å². The van der Waals surface area contributed by atoms with Gasteiger partial charge >= 0.3 is 0 Å². The maximum atomic E-state index is 5.59. The average Bonchev–Trinajstić information content (AvgIpc) is 2.45. The molecule has 0 aliphatic rings. The lowest BCUT2D eigenvalue weighted by atomic mass is 10.2. The lowest BCUT2D eigenvalue weighted by molar-refractivity contribution is 0.712. The van der Waals surface area contributed by atoms with Gasteiger partial charge in [0.1, 0.15) is 0 Å². The molecule has 5 nitrogen and oxygen atoms in total. The Hall–Kier alpha value is -1.53. The van der Waals surface area contributed by atoms with E-state index in [1.54, 1.807) is 18.6 Å². The van der Waals surface area contributed by atoms with E-state index in [2.05, 4.69) is 35.8 Å². The molecule has 0 spiro atoms. The highest BCUT2D eigenvalue weighted by Crippen LogP contribution is 2.14. The number of halogens is 1. The van der Waals surface area contributed by atoms with Crippen LogP contribution >= 0.6 is 15.9 Å². The van der Waals surface area contributed by atoms with Gasteiger partial charge in [0, 0.05) is 37.9 Å².